The van der Waals surface area contributed by atoms with E-state index in [0.29, 0.717) is 12.2 Å². The average Bonchev–Trinajstić information content (AvgIpc) is 2.90. The molecule has 2 N–H and O–H groups in total. The Morgan fingerprint density at radius 2 is 1.70 bits per heavy atom. The summed E-state index contributed by atoms with van der Waals surface area (Å²) < 4.78 is 7.50. The molecule has 7 nitrogen and oxygen atoms in total. The molecule has 0 saturated carbocycles. The summed E-state index contributed by atoms with van der Waals surface area (Å²) in [6.07, 6.45) is 3.16. The number of urea groups is 1. The number of nitrogens with one attached hydrogen (secondary N) is 2. The number of carbonyl (C=O) groups excluding carboxylic acids is 3. The molecule has 0 bridgehead atoms. The number of aromatic nitrogens is 1. The lowest BCUT2D eigenvalue weighted by Gasteiger charge is -2.14. The molecule has 1 fully saturated rings. The Hall–Kier alpha value is -3.61. The van der Waals surface area contributed by atoms with Crippen LogP contribution in [0.2, 0.25) is 0 Å². The molecular weight excluding hydrogens is 346 g/mol. The molecule has 0 atom stereocenters. The number of barbiturate groups is 1. The third-order valence-electron chi connectivity index (χ3n) is 4.18. The van der Waals surface area contributed by atoms with Crippen LogP contribution in [0.3, 0.4) is 0 Å². The first kappa shape index (κ1) is 18.2. The fraction of sp³-hybridized carbons (Fsp3) is 0.150. The Morgan fingerprint density at radius 3 is 2.30 bits per heavy atom. The maximum atomic E-state index is 11.9. The lowest BCUT2D eigenvalue weighted by Crippen LogP contribution is -2.51. The van der Waals surface area contributed by atoms with E-state index in [0.717, 1.165) is 22.8 Å². The van der Waals surface area contributed by atoms with E-state index >= 15 is 0 Å². The number of carbonyl (C=O) groups is 3. The number of amides is 4. The monoisotopic (exact) mass is 365 g/mol. The fourth-order valence-electron chi connectivity index (χ4n) is 2.94. The minimum Gasteiger partial charge on any atom is -0.490 e. The summed E-state index contributed by atoms with van der Waals surface area (Å²) in [5.74, 6) is -0.682. The molecule has 2 heterocycles. The van der Waals surface area contributed by atoms with Gasteiger partial charge in [0.1, 0.15) is 17.9 Å². The third kappa shape index (κ3) is 3.67. The van der Waals surface area contributed by atoms with Crippen LogP contribution < -0.4 is 15.4 Å². The molecule has 1 aliphatic heterocycles. The maximum absolute atomic E-state index is 11.9. The quantitative estimate of drug-likeness (QED) is 0.484. The van der Waals surface area contributed by atoms with Gasteiger partial charge in [0, 0.05) is 17.1 Å². The van der Waals surface area contributed by atoms with Crippen molar-refractivity contribution in [2.24, 2.45) is 0 Å². The normalized spacial score (nSPS) is 13.9. The van der Waals surface area contributed by atoms with Gasteiger partial charge in [-0.2, -0.15) is 0 Å². The number of aryl methyl sites for hydroxylation is 1. The molecule has 1 saturated heterocycles. The highest BCUT2D eigenvalue weighted by atomic mass is 16.5. The number of ether oxygens (including phenoxy) is 1. The predicted molar refractivity (Wildman–Crippen MR) is 101 cm³/mol. The number of imide groups is 2. The second-order valence-corrected chi connectivity index (χ2v) is 6.05. The van der Waals surface area contributed by atoms with Gasteiger partial charge in [0.2, 0.25) is 0 Å². The van der Waals surface area contributed by atoms with Crippen LogP contribution in [0.4, 0.5) is 4.79 Å². The van der Waals surface area contributed by atoms with Crippen molar-refractivity contribution >= 4 is 23.9 Å². The topological polar surface area (TPSA) is 89.4 Å². The molecule has 27 heavy (non-hydrogen) atoms. The Bertz CT molecular complexity index is 946. The van der Waals surface area contributed by atoms with Crippen molar-refractivity contribution in [1.29, 1.82) is 0 Å². The molecule has 2 aromatic rings. The zero-order valence-electron chi connectivity index (χ0n) is 15.0. The van der Waals surface area contributed by atoms with E-state index < -0.39 is 17.8 Å². The zero-order chi connectivity index (χ0) is 19.6. The first-order valence-electron chi connectivity index (χ1n) is 8.32. The molecule has 7 heteroatoms. The van der Waals surface area contributed by atoms with Gasteiger partial charge in [-0.3, -0.25) is 20.2 Å². The predicted octanol–water partition coefficient (Wildman–Crippen LogP) is 2.41. The third-order valence-corrected chi connectivity index (χ3v) is 4.18. The molecule has 1 aromatic heterocycles. The summed E-state index contributed by atoms with van der Waals surface area (Å²) in [6, 6.07) is 8.64. The van der Waals surface area contributed by atoms with Crippen LogP contribution in [0.25, 0.3) is 11.8 Å². The second kappa shape index (κ2) is 7.33. The molecule has 0 unspecified atom stereocenters. The van der Waals surface area contributed by atoms with Crippen molar-refractivity contribution in [2.45, 2.75) is 13.8 Å². The van der Waals surface area contributed by atoms with Crippen LogP contribution in [0.15, 0.2) is 48.6 Å². The first-order valence-corrected chi connectivity index (χ1v) is 8.32. The smallest absolute Gasteiger partial charge is 0.328 e. The molecule has 0 radical (unpaired) electrons. The van der Waals surface area contributed by atoms with E-state index in [1.54, 1.807) is 6.08 Å². The van der Waals surface area contributed by atoms with Gasteiger partial charge in [0.05, 0.1) is 0 Å². The standard InChI is InChI=1S/C20H19N3O4/c1-4-9-27-16-7-5-15(6-8-16)23-12(2)10-14(13(23)3)11-17-18(24)21-20(26)22-19(17)25/h4-8,10-11H,1,9H2,2-3H3,(H2,21,22,24,25,26). The summed E-state index contributed by atoms with van der Waals surface area (Å²) >= 11 is 0. The summed E-state index contributed by atoms with van der Waals surface area (Å²) in [6.45, 7) is 7.88. The van der Waals surface area contributed by atoms with Crippen molar-refractivity contribution in [3.8, 4) is 11.4 Å². The lowest BCUT2D eigenvalue weighted by molar-refractivity contribution is -0.123. The van der Waals surface area contributed by atoms with Crippen LogP contribution in [0.1, 0.15) is 17.0 Å². The SMILES string of the molecule is C=CCOc1ccc(-n2c(C)cc(C=C3C(=O)NC(=O)NC3=O)c2C)cc1. The van der Waals surface area contributed by atoms with Crippen molar-refractivity contribution in [2.75, 3.05) is 6.61 Å². The summed E-state index contributed by atoms with van der Waals surface area (Å²) in [4.78, 5) is 35.0. The fourth-order valence-corrected chi connectivity index (χ4v) is 2.94. The molecule has 0 spiro atoms. The van der Waals surface area contributed by atoms with E-state index in [2.05, 4.69) is 17.2 Å². The van der Waals surface area contributed by atoms with Gasteiger partial charge in [-0.15, -0.1) is 0 Å². The Kier molecular flexibility index (Phi) is 4.94. The summed E-state index contributed by atoms with van der Waals surface area (Å²) in [7, 11) is 0. The van der Waals surface area contributed by atoms with Crippen LogP contribution in [-0.2, 0) is 9.59 Å². The van der Waals surface area contributed by atoms with Crippen LogP contribution >= 0.6 is 0 Å². The minimum atomic E-state index is -0.814. The summed E-state index contributed by atoms with van der Waals surface area (Å²) in [5, 5.41) is 4.14. The van der Waals surface area contributed by atoms with E-state index in [9.17, 15) is 14.4 Å². The first-order chi connectivity index (χ1) is 12.9. The van der Waals surface area contributed by atoms with Gasteiger partial charge >= 0.3 is 6.03 Å². The van der Waals surface area contributed by atoms with Crippen molar-refractivity contribution in [1.82, 2.24) is 15.2 Å². The molecule has 138 valence electrons. The van der Waals surface area contributed by atoms with Crippen LogP contribution in [-0.4, -0.2) is 29.0 Å². The number of hydrogen-bond donors (Lipinski definition) is 2. The van der Waals surface area contributed by atoms with Crippen LogP contribution in [0.5, 0.6) is 5.75 Å². The molecule has 1 aromatic carbocycles. The number of rotatable bonds is 5. The van der Waals surface area contributed by atoms with Crippen molar-refractivity contribution in [3.05, 3.63) is 65.5 Å². The molecular formula is C20H19N3O4. The lowest BCUT2D eigenvalue weighted by atomic mass is 10.1. The van der Waals surface area contributed by atoms with Crippen molar-refractivity contribution in [3.63, 3.8) is 0 Å². The van der Waals surface area contributed by atoms with Gasteiger partial charge in [-0.25, -0.2) is 4.79 Å². The molecule has 0 aliphatic carbocycles. The molecule has 4 amide bonds. The number of hydrogen-bond acceptors (Lipinski definition) is 4. The highest BCUT2D eigenvalue weighted by molar-refractivity contribution is 6.31. The van der Waals surface area contributed by atoms with Gasteiger partial charge in [0.15, 0.2) is 0 Å². The van der Waals surface area contributed by atoms with Gasteiger partial charge in [-0.1, -0.05) is 12.7 Å². The minimum absolute atomic E-state index is 0.108. The molecule has 3 rings (SSSR count). The van der Waals surface area contributed by atoms with E-state index in [1.807, 2.05) is 48.7 Å². The second-order valence-electron chi connectivity index (χ2n) is 6.05. The van der Waals surface area contributed by atoms with Gasteiger partial charge < -0.3 is 9.30 Å². The Balaban J connectivity index is 1.94. The number of benzene rings is 1. The molecule has 1 aliphatic rings. The van der Waals surface area contributed by atoms with Gasteiger partial charge in [-0.05, 0) is 55.8 Å². The zero-order valence-corrected chi connectivity index (χ0v) is 15.0. The van der Waals surface area contributed by atoms with Crippen LogP contribution in [0, 0.1) is 13.8 Å². The highest BCUT2D eigenvalue weighted by Crippen LogP contribution is 2.24. The van der Waals surface area contributed by atoms with E-state index in [1.165, 1.54) is 6.08 Å². The largest absolute Gasteiger partial charge is 0.490 e. The van der Waals surface area contributed by atoms with E-state index in [-0.39, 0.29) is 5.57 Å². The number of nitrogens with zero attached hydrogens (tertiary/aromatic N) is 1. The Labute approximate surface area is 156 Å². The summed E-state index contributed by atoms with van der Waals surface area (Å²) in [5.41, 5.74) is 3.33. The average molecular weight is 365 g/mol. The Morgan fingerprint density at radius 1 is 1.07 bits per heavy atom. The van der Waals surface area contributed by atoms with E-state index in [4.69, 9.17) is 4.74 Å². The van der Waals surface area contributed by atoms with Gasteiger partial charge in [0.25, 0.3) is 11.8 Å². The maximum Gasteiger partial charge on any atom is 0.328 e. The van der Waals surface area contributed by atoms with Crippen molar-refractivity contribution < 1.29 is 19.1 Å². The highest BCUT2D eigenvalue weighted by Gasteiger charge is 2.28.